The van der Waals surface area contributed by atoms with Crippen molar-refractivity contribution >= 4 is 48.8 Å². The Labute approximate surface area is 131 Å². The third-order valence-electron chi connectivity index (χ3n) is 0.471. The van der Waals surface area contributed by atoms with Gasteiger partial charge in [0.25, 0.3) is 0 Å². The number of thioether (sulfide) groups is 1. The maximum atomic E-state index is 7.56. The molecule has 19 heavy (non-hydrogen) atoms. The lowest BCUT2D eigenvalue weighted by molar-refractivity contribution is 0.361. The standard InChI is InChI=1S/C4H10S.2C2H6.2H3O3PS/c1-4(2)5-3;2*1-2;2*1-4(2,3)5/h4H,1-3H3;2*1-2H3;2*(H3,1,2,3,5). The Morgan fingerprint density at radius 2 is 0.789 bits per heavy atom. The maximum Gasteiger partial charge on any atom is 0.319 e. The van der Waals surface area contributed by atoms with Crippen molar-refractivity contribution < 1.29 is 29.4 Å². The van der Waals surface area contributed by atoms with Crippen LogP contribution < -0.4 is 0 Å². The van der Waals surface area contributed by atoms with Gasteiger partial charge in [-0.2, -0.15) is 11.8 Å². The molecule has 0 fully saturated rings. The first-order chi connectivity index (χ1) is 8.27. The molecule has 6 nitrogen and oxygen atoms in total. The zero-order valence-electron chi connectivity index (χ0n) is 12.4. The van der Waals surface area contributed by atoms with E-state index < -0.39 is 13.4 Å². The van der Waals surface area contributed by atoms with E-state index in [9.17, 15) is 0 Å². The molecule has 0 aromatic carbocycles. The van der Waals surface area contributed by atoms with E-state index in [1.807, 2.05) is 39.5 Å². The summed E-state index contributed by atoms with van der Waals surface area (Å²) in [5.74, 6) is 0. The van der Waals surface area contributed by atoms with E-state index in [0.717, 1.165) is 5.25 Å². The summed E-state index contributed by atoms with van der Waals surface area (Å²) < 4.78 is 0. The van der Waals surface area contributed by atoms with Crippen LogP contribution in [0.4, 0.5) is 0 Å². The highest BCUT2D eigenvalue weighted by Crippen LogP contribution is 2.26. The van der Waals surface area contributed by atoms with E-state index in [2.05, 4.69) is 43.7 Å². The Kier molecular flexibility index (Phi) is 37.0. The smallest absolute Gasteiger partial charge is 0.319 e. The second kappa shape index (κ2) is 21.7. The SMILES string of the molecule is CC.CC.CSC(C)C.OP(O)(O)=S.OP(O)(O)=S. The molecule has 0 aromatic heterocycles. The molecule has 0 aliphatic rings. The summed E-state index contributed by atoms with van der Waals surface area (Å²) in [6.45, 7) is 4.76. The molecule has 0 heterocycles. The highest BCUT2D eigenvalue weighted by atomic mass is 32.5. The molecule has 0 aliphatic heterocycles. The molecule has 0 aromatic rings. The van der Waals surface area contributed by atoms with E-state index >= 15 is 0 Å². The molecule has 0 amide bonds. The lowest BCUT2D eigenvalue weighted by Gasteiger charge is -1.90. The van der Waals surface area contributed by atoms with E-state index in [0.29, 0.717) is 0 Å². The van der Waals surface area contributed by atoms with Crippen LogP contribution in [0.25, 0.3) is 0 Å². The third kappa shape index (κ3) is 506. The van der Waals surface area contributed by atoms with Gasteiger partial charge in [-0.3, -0.25) is 0 Å². The highest BCUT2D eigenvalue weighted by Gasteiger charge is 1.92. The molecule has 124 valence electrons. The van der Waals surface area contributed by atoms with E-state index in [1.165, 1.54) is 0 Å². The zero-order valence-corrected chi connectivity index (χ0v) is 16.6. The molecule has 11 heteroatoms. The summed E-state index contributed by atoms with van der Waals surface area (Å²) in [6.07, 6.45) is 2.12. The fourth-order valence-corrected chi connectivity index (χ4v) is 0. The molecule has 0 aliphatic carbocycles. The minimum absolute atomic E-state index is 0.801. The molecule has 0 atom stereocenters. The van der Waals surface area contributed by atoms with Crippen LogP contribution in [0.3, 0.4) is 0 Å². The van der Waals surface area contributed by atoms with Gasteiger partial charge in [-0.15, -0.1) is 0 Å². The molecule has 6 N–H and O–H groups in total. The van der Waals surface area contributed by atoms with Crippen LogP contribution in [0, 0.1) is 0 Å². The first-order valence-electron chi connectivity index (χ1n) is 5.36. The van der Waals surface area contributed by atoms with Gasteiger partial charge >= 0.3 is 13.4 Å². The van der Waals surface area contributed by atoms with Crippen molar-refractivity contribution in [3.8, 4) is 0 Å². The van der Waals surface area contributed by atoms with Crippen molar-refractivity contribution in [2.75, 3.05) is 6.26 Å². The Morgan fingerprint density at radius 3 is 0.789 bits per heavy atom. The van der Waals surface area contributed by atoms with Crippen LogP contribution in [-0.2, 0) is 23.6 Å². The topological polar surface area (TPSA) is 121 Å². The Balaban J connectivity index is -0.0000000455. The minimum atomic E-state index is -3.81. The van der Waals surface area contributed by atoms with Gasteiger partial charge in [0, 0.05) is 0 Å². The summed E-state index contributed by atoms with van der Waals surface area (Å²) in [5.41, 5.74) is 0. The second-order valence-corrected chi connectivity index (χ2v) is 8.72. The summed E-state index contributed by atoms with van der Waals surface area (Å²) in [6, 6.07) is 0. The van der Waals surface area contributed by atoms with Crippen LogP contribution in [0.2, 0.25) is 0 Å². The molecule has 0 rings (SSSR count). The summed E-state index contributed by atoms with van der Waals surface area (Å²) in [4.78, 5) is 45.3. The Bertz CT molecular complexity index is 192. The first-order valence-corrected chi connectivity index (χ1v) is 12.0. The van der Waals surface area contributed by atoms with E-state index in [1.54, 1.807) is 0 Å². The fraction of sp³-hybridized carbons (Fsp3) is 1.00. The maximum absolute atomic E-state index is 7.56. The minimum Gasteiger partial charge on any atom is -0.325 e. The van der Waals surface area contributed by atoms with Gasteiger partial charge in [0.05, 0.1) is 0 Å². The van der Waals surface area contributed by atoms with Gasteiger partial charge in [0.1, 0.15) is 0 Å². The van der Waals surface area contributed by atoms with Crippen molar-refractivity contribution in [3.63, 3.8) is 0 Å². The van der Waals surface area contributed by atoms with Crippen molar-refractivity contribution in [1.29, 1.82) is 0 Å². The van der Waals surface area contributed by atoms with Crippen LogP contribution in [0.15, 0.2) is 0 Å². The molecule has 0 unspecified atom stereocenters. The molecule has 0 radical (unpaired) electrons. The molecule has 0 saturated carbocycles. The number of rotatable bonds is 1. The number of hydrogen-bond donors (Lipinski definition) is 6. The monoisotopic (exact) mass is 378 g/mol. The molecule has 0 saturated heterocycles. The van der Waals surface area contributed by atoms with Crippen molar-refractivity contribution in [3.05, 3.63) is 0 Å². The predicted octanol–water partition coefficient (Wildman–Crippen LogP) is 2.19. The largest absolute Gasteiger partial charge is 0.325 e. The Hall–Kier alpha value is 1.41. The van der Waals surface area contributed by atoms with Crippen molar-refractivity contribution in [2.45, 2.75) is 46.8 Å². The normalized spacial score (nSPS) is 9.37. The van der Waals surface area contributed by atoms with Crippen LogP contribution >= 0.6 is 25.2 Å². The van der Waals surface area contributed by atoms with Gasteiger partial charge in [0.15, 0.2) is 0 Å². The average molecular weight is 378 g/mol. The summed E-state index contributed by atoms with van der Waals surface area (Å²) in [7, 11) is 0. The molecular formula is C8H28O6P2S3. The average Bonchev–Trinajstić information content (AvgIpc) is 2.19. The quantitative estimate of drug-likeness (QED) is 0.381. The van der Waals surface area contributed by atoms with Crippen LogP contribution in [-0.4, -0.2) is 40.9 Å². The zero-order chi connectivity index (χ0) is 17.3. The summed E-state index contributed by atoms with van der Waals surface area (Å²) in [5, 5.41) is 0.801. The molecular weight excluding hydrogens is 350 g/mol. The van der Waals surface area contributed by atoms with Gasteiger partial charge in [-0.05, 0) is 35.1 Å². The second-order valence-electron chi connectivity index (χ2n) is 2.31. The molecule has 0 spiro atoms. The lowest BCUT2D eigenvalue weighted by Crippen LogP contribution is -1.79. The van der Waals surface area contributed by atoms with Crippen molar-refractivity contribution in [2.24, 2.45) is 0 Å². The van der Waals surface area contributed by atoms with Crippen LogP contribution in [0.5, 0.6) is 0 Å². The van der Waals surface area contributed by atoms with Gasteiger partial charge in [0.2, 0.25) is 0 Å². The van der Waals surface area contributed by atoms with E-state index in [4.69, 9.17) is 29.4 Å². The molecule has 0 bridgehead atoms. The van der Waals surface area contributed by atoms with Crippen molar-refractivity contribution in [1.82, 2.24) is 0 Å². The number of hydrogen-bond acceptors (Lipinski definition) is 3. The van der Waals surface area contributed by atoms with E-state index in [-0.39, 0.29) is 0 Å². The predicted molar refractivity (Wildman–Crippen MR) is 93.2 cm³/mol. The highest BCUT2D eigenvalue weighted by molar-refractivity contribution is 8.06. The Morgan fingerprint density at radius 1 is 0.737 bits per heavy atom. The van der Waals surface area contributed by atoms with Crippen LogP contribution in [0.1, 0.15) is 41.5 Å². The van der Waals surface area contributed by atoms with Gasteiger partial charge in [-0.25, -0.2) is 0 Å². The first kappa shape index (κ1) is 32.4. The van der Waals surface area contributed by atoms with Gasteiger partial charge in [-0.1, -0.05) is 41.5 Å². The summed E-state index contributed by atoms with van der Waals surface area (Å²) >= 11 is 9.09. The lowest BCUT2D eigenvalue weighted by atomic mass is 10.6. The fourth-order valence-electron chi connectivity index (χ4n) is 0. The third-order valence-corrected chi connectivity index (χ3v) is 1.41. The van der Waals surface area contributed by atoms with Gasteiger partial charge < -0.3 is 29.4 Å².